The summed E-state index contributed by atoms with van der Waals surface area (Å²) in [4.78, 5) is 25.7. The minimum absolute atomic E-state index is 0.125. The third-order valence-electron chi connectivity index (χ3n) is 7.13. The van der Waals surface area contributed by atoms with E-state index in [-0.39, 0.29) is 23.5 Å². The van der Waals surface area contributed by atoms with Crippen molar-refractivity contribution in [1.82, 2.24) is 0 Å². The standard InChI is InChI=1S/C23H38O4/c1-7-22(6,20(25)27-21(3,4)5)11-15(2)19(24)26-23-12-16-8-17(13-23)10-18(9-16)14-23/h15-18H,7-14H2,1-6H3. The minimum Gasteiger partial charge on any atom is -0.460 e. The van der Waals surface area contributed by atoms with E-state index in [1.807, 2.05) is 41.5 Å². The van der Waals surface area contributed by atoms with Gasteiger partial charge in [-0.2, -0.15) is 0 Å². The molecular formula is C23H38O4. The second kappa shape index (κ2) is 7.08. The van der Waals surface area contributed by atoms with Crippen LogP contribution in [0.3, 0.4) is 0 Å². The highest BCUT2D eigenvalue weighted by Gasteiger charge is 2.53. The average molecular weight is 379 g/mol. The van der Waals surface area contributed by atoms with Crippen LogP contribution in [-0.4, -0.2) is 23.1 Å². The van der Waals surface area contributed by atoms with Crippen molar-refractivity contribution in [3.05, 3.63) is 0 Å². The molecule has 2 atom stereocenters. The summed E-state index contributed by atoms with van der Waals surface area (Å²) in [6.45, 7) is 11.4. The lowest BCUT2D eigenvalue weighted by molar-refractivity contribution is -0.192. The first kappa shape index (κ1) is 20.7. The van der Waals surface area contributed by atoms with E-state index in [1.165, 1.54) is 19.3 Å². The molecule has 0 heterocycles. The van der Waals surface area contributed by atoms with Crippen LogP contribution in [0.4, 0.5) is 0 Å². The van der Waals surface area contributed by atoms with E-state index in [0.717, 1.165) is 37.0 Å². The summed E-state index contributed by atoms with van der Waals surface area (Å²) in [5, 5.41) is 0. The van der Waals surface area contributed by atoms with Crippen LogP contribution in [0.25, 0.3) is 0 Å². The molecule has 4 fully saturated rings. The summed E-state index contributed by atoms with van der Waals surface area (Å²) < 4.78 is 11.8. The van der Waals surface area contributed by atoms with Gasteiger partial charge in [-0.1, -0.05) is 13.8 Å². The summed E-state index contributed by atoms with van der Waals surface area (Å²) in [6.07, 6.45) is 8.27. The summed E-state index contributed by atoms with van der Waals surface area (Å²) in [5.74, 6) is 1.62. The van der Waals surface area contributed by atoms with Crippen LogP contribution in [0.5, 0.6) is 0 Å². The zero-order chi connectivity index (χ0) is 20.0. The molecule has 2 unspecified atom stereocenters. The Morgan fingerprint density at radius 2 is 1.48 bits per heavy atom. The lowest BCUT2D eigenvalue weighted by Gasteiger charge is -2.55. The van der Waals surface area contributed by atoms with Gasteiger partial charge in [-0.15, -0.1) is 0 Å². The van der Waals surface area contributed by atoms with Crippen LogP contribution >= 0.6 is 0 Å². The molecule has 27 heavy (non-hydrogen) atoms. The Labute approximate surface area is 164 Å². The van der Waals surface area contributed by atoms with Gasteiger partial charge in [0.2, 0.25) is 0 Å². The lowest BCUT2D eigenvalue weighted by Crippen LogP contribution is -2.53. The van der Waals surface area contributed by atoms with Gasteiger partial charge in [-0.25, -0.2) is 0 Å². The molecule has 0 amide bonds. The van der Waals surface area contributed by atoms with Gasteiger partial charge in [0.1, 0.15) is 11.2 Å². The molecule has 4 bridgehead atoms. The van der Waals surface area contributed by atoms with Crippen molar-refractivity contribution in [2.45, 2.75) is 104 Å². The Bertz CT molecular complexity index is 552. The third kappa shape index (κ3) is 4.51. The van der Waals surface area contributed by atoms with Crippen molar-refractivity contribution < 1.29 is 19.1 Å². The van der Waals surface area contributed by atoms with Crippen molar-refractivity contribution in [1.29, 1.82) is 0 Å². The molecule has 4 nitrogen and oxygen atoms in total. The molecule has 0 saturated heterocycles. The fourth-order valence-corrected chi connectivity index (χ4v) is 6.00. The predicted octanol–water partition coefficient (Wildman–Crippen LogP) is 5.28. The van der Waals surface area contributed by atoms with E-state index in [0.29, 0.717) is 12.8 Å². The molecule has 4 aliphatic carbocycles. The Morgan fingerprint density at radius 1 is 1.00 bits per heavy atom. The quantitative estimate of drug-likeness (QED) is 0.590. The molecule has 0 aromatic rings. The van der Waals surface area contributed by atoms with Crippen LogP contribution in [0.2, 0.25) is 0 Å². The smallest absolute Gasteiger partial charge is 0.312 e. The topological polar surface area (TPSA) is 52.6 Å². The van der Waals surface area contributed by atoms with Crippen molar-refractivity contribution >= 4 is 11.9 Å². The average Bonchev–Trinajstić information content (AvgIpc) is 2.51. The maximum Gasteiger partial charge on any atom is 0.312 e. The van der Waals surface area contributed by atoms with E-state index >= 15 is 0 Å². The van der Waals surface area contributed by atoms with Crippen LogP contribution in [0, 0.1) is 29.1 Å². The molecule has 154 valence electrons. The van der Waals surface area contributed by atoms with Crippen molar-refractivity contribution in [3.63, 3.8) is 0 Å². The van der Waals surface area contributed by atoms with E-state index in [2.05, 4.69) is 0 Å². The zero-order valence-electron chi connectivity index (χ0n) is 18.1. The molecule has 4 rings (SSSR count). The van der Waals surface area contributed by atoms with Gasteiger partial charge in [-0.3, -0.25) is 9.59 Å². The van der Waals surface area contributed by atoms with Crippen LogP contribution in [-0.2, 0) is 19.1 Å². The highest BCUT2D eigenvalue weighted by molar-refractivity contribution is 5.79. The van der Waals surface area contributed by atoms with Gasteiger partial charge in [0.25, 0.3) is 0 Å². The summed E-state index contributed by atoms with van der Waals surface area (Å²) in [5.41, 5.74) is -1.39. The SMILES string of the molecule is CCC(C)(CC(C)C(=O)OC12CC3CC(CC(C3)C1)C2)C(=O)OC(C)(C)C. The largest absolute Gasteiger partial charge is 0.460 e. The molecule has 4 aliphatic rings. The van der Waals surface area contributed by atoms with Crippen molar-refractivity contribution in [2.24, 2.45) is 29.1 Å². The lowest BCUT2D eigenvalue weighted by atomic mass is 9.54. The van der Waals surface area contributed by atoms with E-state index in [9.17, 15) is 9.59 Å². The number of esters is 2. The Hall–Kier alpha value is -1.06. The second-order valence-electron chi connectivity index (χ2n) is 11.0. The molecule has 0 aliphatic heterocycles. The van der Waals surface area contributed by atoms with Gasteiger partial charge in [0.05, 0.1) is 11.3 Å². The van der Waals surface area contributed by atoms with Crippen molar-refractivity contribution in [3.8, 4) is 0 Å². The van der Waals surface area contributed by atoms with Gasteiger partial charge in [0, 0.05) is 0 Å². The normalized spacial score (nSPS) is 35.4. The first-order valence-electron chi connectivity index (χ1n) is 10.9. The zero-order valence-corrected chi connectivity index (χ0v) is 18.1. The minimum atomic E-state index is -0.660. The van der Waals surface area contributed by atoms with Gasteiger partial charge in [-0.05, 0) is 96.8 Å². The number of ether oxygens (including phenoxy) is 2. The fourth-order valence-electron chi connectivity index (χ4n) is 6.00. The van der Waals surface area contributed by atoms with Gasteiger partial charge in [0.15, 0.2) is 0 Å². The van der Waals surface area contributed by atoms with Crippen LogP contribution in [0.1, 0.15) is 92.9 Å². The highest BCUT2D eigenvalue weighted by Crippen LogP contribution is 2.57. The van der Waals surface area contributed by atoms with E-state index < -0.39 is 11.0 Å². The van der Waals surface area contributed by atoms with Crippen LogP contribution in [0.15, 0.2) is 0 Å². The Balaban J connectivity index is 1.62. The molecule has 4 heteroatoms. The predicted molar refractivity (Wildman–Crippen MR) is 105 cm³/mol. The molecule has 0 aromatic heterocycles. The molecule has 0 N–H and O–H groups in total. The third-order valence-corrected chi connectivity index (χ3v) is 7.13. The summed E-state index contributed by atoms with van der Waals surface area (Å²) in [6, 6.07) is 0. The molecule has 0 radical (unpaired) electrons. The molecular weight excluding hydrogens is 340 g/mol. The fraction of sp³-hybridized carbons (Fsp3) is 0.913. The maximum absolute atomic E-state index is 13.0. The first-order valence-corrected chi connectivity index (χ1v) is 10.9. The number of carbonyl (C=O) groups is 2. The van der Waals surface area contributed by atoms with Crippen LogP contribution < -0.4 is 0 Å². The number of rotatable bonds is 6. The molecule has 0 spiro atoms. The Kier molecular flexibility index (Phi) is 5.42. The van der Waals surface area contributed by atoms with E-state index in [4.69, 9.17) is 9.47 Å². The second-order valence-corrected chi connectivity index (χ2v) is 11.0. The summed E-state index contributed by atoms with van der Waals surface area (Å²) in [7, 11) is 0. The molecule has 0 aromatic carbocycles. The van der Waals surface area contributed by atoms with Crippen molar-refractivity contribution in [2.75, 3.05) is 0 Å². The molecule has 4 saturated carbocycles. The maximum atomic E-state index is 13.0. The van der Waals surface area contributed by atoms with E-state index in [1.54, 1.807) is 0 Å². The monoisotopic (exact) mass is 378 g/mol. The summed E-state index contributed by atoms with van der Waals surface area (Å²) >= 11 is 0. The number of carbonyl (C=O) groups excluding carboxylic acids is 2. The highest BCUT2D eigenvalue weighted by atomic mass is 16.6. The number of hydrogen-bond donors (Lipinski definition) is 0. The first-order chi connectivity index (χ1) is 12.4. The van der Waals surface area contributed by atoms with Gasteiger partial charge >= 0.3 is 11.9 Å². The Morgan fingerprint density at radius 3 is 1.89 bits per heavy atom. The number of hydrogen-bond acceptors (Lipinski definition) is 4. The van der Waals surface area contributed by atoms with Gasteiger partial charge < -0.3 is 9.47 Å².